The summed E-state index contributed by atoms with van der Waals surface area (Å²) in [6.45, 7) is 7.62. The van der Waals surface area contributed by atoms with Gasteiger partial charge in [0.2, 0.25) is 0 Å². The summed E-state index contributed by atoms with van der Waals surface area (Å²) in [5, 5.41) is 11.6. The largest absolute Gasteiger partial charge is 0.459 e. The molecule has 30 heavy (non-hydrogen) atoms. The van der Waals surface area contributed by atoms with Crippen LogP contribution in [0.2, 0.25) is 0 Å². The van der Waals surface area contributed by atoms with Crippen molar-refractivity contribution in [2.45, 2.75) is 26.3 Å². The van der Waals surface area contributed by atoms with E-state index in [0.717, 1.165) is 50.8 Å². The second-order valence-electron chi connectivity index (χ2n) is 7.03. The summed E-state index contributed by atoms with van der Waals surface area (Å²) in [6, 6.07) is 3.44. The molecule has 0 unspecified atom stereocenters. The second kappa shape index (κ2) is 11.3. The highest BCUT2D eigenvalue weighted by molar-refractivity contribution is 5.91. The number of nitrogens with zero attached hydrogens (tertiary/aromatic N) is 6. The van der Waals surface area contributed by atoms with Gasteiger partial charge in [0.25, 0.3) is 5.91 Å². The Labute approximate surface area is 176 Å². The number of hydrogen-bond acceptors (Lipinski definition) is 6. The molecule has 0 saturated carbocycles. The van der Waals surface area contributed by atoms with E-state index in [2.05, 4.69) is 31.9 Å². The van der Waals surface area contributed by atoms with Crippen LogP contribution < -0.4 is 5.32 Å². The van der Waals surface area contributed by atoms with Crippen LogP contribution in [0.25, 0.3) is 0 Å². The van der Waals surface area contributed by atoms with Crippen LogP contribution in [0.3, 0.4) is 0 Å². The Morgan fingerprint density at radius 1 is 1.30 bits per heavy atom. The average molecular weight is 418 g/mol. The fraction of sp³-hybridized carbons (Fsp3) is 0.600. The number of guanidine groups is 1. The molecule has 0 aliphatic carbocycles. The van der Waals surface area contributed by atoms with Crippen molar-refractivity contribution < 1.29 is 13.9 Å². The van der Waals surface area contributed by atoms with Crippen molar-refractivity contribution >= 4 is 11.9 Å². The van der Waals surface area contributed by atoms with Gasteiger partial charge >= 0.3 is 0 Å². The number of amides is 1. The maximum Gasteiger partial charge on any atom is 0.289 e. The van der Waals surface area contributed by atoms with Gasteiger partial charge in [0, 0.05) is 66.0 Å². The van der Waals surface area contributed by atoms with Crippen molar-refractivity contribution in [2.24, 2.45) is 4.99 Å². The van der Waals surface area contributed by atoms with Crippen molar-refractivity contribution in [3.63, 3.8) is 0 Å². The summed E-state index contributed by atoms with van der Waals surface area (Å²) in [6.07, 6.45) is 5.00. The number of nitrogens with one attached hydrogen (secondary N) is 1. The van der Waals surface area contributed by atoms with Crippen LogP contribution in [-0.4, -0.2) is 89.4 Å². The SMILES string of the molecule is CCc1nncn1CCNC(=NCCCOC)N1CCN(C(=O)c2ccco2)CC1. The van der Waals surface area contributed by atoms with Gasteiger partial charge in [0.05, 0.1) is 6.26 Å². The number of ether oxygens (including phenoxy) is 1. The Morgan fingerprint density at radius 2 is 2.10 bits per heavy atom. The van der Waals surface area contributed by atoms with E-state index in [4.69, 9.17) is 14.1 Å². The number of aliphatic imine (C=N–C) groups is 1. The van der Waals surface area contributed by atoms with Gasteiger partial charge in [0.1, 0.15) is 12.2 Å². The Balaban J connectivity index is 1.54. The molecule has 0 atom stereocenters. The highest BCUT2D eigenvalue weighted by atomic mass is 16.5. The first kappa shape index (κ1) is 21.8. The predicted octanol–water partition coefficient (Wildman–Crippen LogP) is 0.874. The van der Waals surface area contributed by atoms with E-state index in [1.165, 1.54) is 6.26 Å². The first-order valence-electron chi connectivity index (χ1n) is 10.4. The summed E-state index contributed by atoms with van der Waals surface area (Å²) in [4.78, 5) is 21.3. The van der Waals surface area contributed by atoms with Gasteiger partial charge in [-0.05, 0) is 18.6 Å². The maximum absolute atomic E-state index is 12.5. The molecule has 10 heteroatoms. The minimum Gasteiger partial charge on any atom is -0.459 e. The molecular formula is C20H31N7O3. The lowest BCUT2D eigenvalue weighted by atomic mass is 10.3. The molecule has 3 rings (SSSR count). The quantitative estimate of drug-likeness (QED) is 0.367. The first-order chi connectivity index (χ1) is 14.7. The van der Waals surface area contributed by atoms with Crippen molar-refractivity contribution in [2.75, 3.05) is 53.0 Å². The molecule has 10 nitrogen and oxygen atoms in total. The molecule has 1 fully saturated rings. The zero-order valence-electron chi connectivity index (χ0n) is 17.8. The van der Waals surface area contributed by atoms with E-state index in [-0.39, 0.29) is 5.91 Å². The minimum atomic E-state index is -0.0640. The molecule has 1 saturated heterocycles. The molecular weight excluding hydrogens is 386 g/mol. The van der Waals surface area contributed by atoms with E-state index < -0.39 is 0 Å². The molecule has 164 valence electrons. The topological polar surface area (TPSA) is 101 Å². The first-order valence-corrected chi connectivity index (χ1v) is 10.4. The number of methoxy groups -OCH3 is 1. The molecule has 1 aliphatic rings. The van der Waals surface area contributed by atoms with Crippen LogP contribution in [0.5, 0.6) is 0 Å². The fourth-order valence-electron chi connectivity index (χ4n) is 3.37. The number of hydrogen-bond donors (Lipinski definition) is 1. The normalized spacial score (nSPS) is 14.9. The van der Waals surface area contributed by atoms with Crippen molar-refractivity contribution in [1.29, 1.82) is 0 Å². The number of aromatic nitrogens is 3. The lowest BCUT2D eigenvalue weighted by molar-refractivity contribution is 0.0657. The van der Waals surface area contributed by atoms with Crippen LogP contribution in [0.15, 0.2) is 34.1 Å². The molecule has 0 spiro atoms. The second-order valence-corrected chi connectivity index (χ2v) is 7.03. The third-order valence-electron chi connectivity index (χ3n) is 5.01. The third-order valence-corrected chi connectivity index (χ3v) is 5.01. The molecule has 3 heterocycles. The van der Waals surface area contributed by atoms with Gasteiger partial charge in [-0.25, -0.2) is 0 Å². The summed E-state index contributed by atoms with van der Waals surface area (Å²) in [5.74, 6) is 2.16. The maximum atomic E-state index is 12.5. The number of piperazine rings is 1. The van der Waals surface area contributed by atoms with Crippen LogP contribution in [-0.2, 0) is 17.7 Å². The van der Waals surface area contributed by atoms with Crippen LogP contribution in [0.1, 0.15) is 29.7 Å². The van der Waals surface area contributed by atoms with Crippen LogP contribution in [0, 0.1) is 0 Å². The van der Waals surface area contributed by atoms with Gasteiger partial charge in [-0.15, -0.1) is 10.2 Å². The monoisotopic (exact) mass is 417 g/mol. The number of carbonyl (C=O) groups is 1. The Bertz CT molecular complexity index is 795. The van der Waals surface area contributed by atoms with Crippen molar-refractivity contribution in [3.05, 3.63) is 36.3 Å². The van der Waals surface area contributed by atoms with Gasteiger partial charge in [0.15, 0.2) is 11.7 Å². The Hall–Kier alpha value is -2.88. The number of furan rings is 1. The van der Waals surface area contributed by atoms with E-state index >= 15 is 0 Å². The fourth-order valence-corrected chi connectivity index (χ4v) is 3.37. The smallest absolute Gasteiger partial charge is 0.289 e. The van der Waals surface area contributed by atoms with Crippen molar-refractivity contribution in [1.82, 2.24) is 29.9 Å². The molecule has 2 aromatic rings. The van der Waals surface area contributed by atoms with Gasteiger partial charge in [-0.2, -0.15) is 0 Å². The molecule has 1 aliphatic heterocycles. The van der Waals surface area contributed by atoms with E-state index in [1.54, 1.807) is 25.6 Å². The van der Waals surface area contributed by atoms with Gasteiger partial charge < -0.3 is 28.8 Å². The molecule has 0 radical (unpaired) electrons. The number of carbonyl (C=O) groups excluding carboxylic acids is 1. The zero-order chi connectivity index (χ0) is 21.2. The van der Waals surface area contributed by atoms with E-state index in [0.29, 0.717) is 32.0 Å². The van der Waals surface area contributed by atoms with Crippen molar-refractivity contribution in [3.8, 4) is 0 Å². The number of aryl methyl sites for hydroxylation is 1. The molecule has 1 N–H and O–H groups in total. The molecule has 1 amide bonds. The zero-order valence-corrected chi connectivity index (χ0v) is 17.8. The standard InChI is InChI=1S/C20H31N7O3/c1-3-18-24-23-16-27(18)9-8-22-20(21-7-5-14-29-2)26-12-10-25(11-13-26)19(28)17-6-4-15-30-17/h4,6,15-16H,3,5,7-14H2,1-2H3,(H,21,22). The Kier molecular flexibility index (Phi) is 8.25. The minimum absolute atomic E-state index is 0.0640. The summed E-state index contributed by atoms with van der Waals surface area (Å²) < 4.78 is 12.4. The summed E-state index contributed by atoms with van der Waals surface area (Å²) in [7, 11) is 1.70. The lowest BCUT2D eigenvalue weighted by Crippen LogP contribution is -2.54. The lowest BCUT2D eigenvalue weighted by Gasteiger charge is -2.36. The van der Waals surface area contributed by atoms with Crippen LogP contribution in [0.4, 0.5) is 0 Å². The summed E-state index contributed by atoms with van der Waals surface area (Å²) in [5.41, 5.74) is 0. The Morgan fingerprint density at radius 3 is 2.80 bits per heavy atom. The predicted molar refractivity (Wildman–Crippen MR) is 112 cm³/mol. The van der Waals surface area contributed by atoms with Gasteiger partial charge in [-0.1, -0.05) is 6.92 Å². The highest BCUT2D eigenvalue weighted by Gasteiger charge is 2.25. The number of rotatable bonds is 9. The molecule has 0 bridgehead atoms. The van der Waals surface area contributed by atoms with E-state index in [9.17, 15) is 4.79 Å². The average Bonchev–Trinajstić information content (AvgIpc) is 3.47. The van der Waals surface area contributed by atoms with E-state index in [1.807, 2.05) is 4.90 Å². The summed E-state index contributed by atoms with van der Waals surface area (Å²) >= 11 is 0. The molecule has 0 aromatic carbocycles. The van der Waals surface area contributed by atoms with Gasteiger partial charge in [-0.3, -0.25) is 9.79 Å². The highest BCUT2D eigenvalue weighted by Crippen LogP contribution is 2.10. The van der Waals surface area contributed by atoms with Crippen LogP contribution >= 0.6 is 0 Å². The third kappa shape index (κ3) is 5.82. The molecule has 2 aromatic heterocycles.